The highest BCUT2D eigenvalue weighted by Gasteiger charge is 2.07. The molecule has 3 rings (SSSR count). The molecular formula is C18H21BrIN7O. The number of rotatable bonds is 6. The molecule has 0 saturated heterocycles. The Hall–Kier alpha value is -2.21. The smallest absolute Gasteiger partial charge is 0.251 e. The van der Waals surface area contributed by atoms with E-state index in [9.17, 15) is 4.79 Å². The number of nitrogens with zero attached hydrogens (tertiary/aromatic N) is 4. The van der Waals surface area contributed by atoms with E-state index in [1.54, 1.807) is 19.2 Å². The summed E-state index contributed by atoms with van der Waals surface area (Å²) in [5.74, 6) is 1.30. The molecule has 0 atom stereocenters. The van der Waals surface area contributed by atoms with Crippen LogP contribution < -0.4 is 16.0 Å². The summed E-state index contributed by atoms with van der Waals surface area (Å²) in [6.45, 7) is 1.50. The fourth-order valence-electron chi connectivity index (χ4n) is 2.48. The lowest BCUT2D eigenvalue weighted by Crippen LogP contribution is -2.41. The Balaban J connectivity index is 0.00000280. The zero-order valence-corrected chi connectivity index (χ0v) is 19.1. The van der Waals surface area contributed by atoms with Gasteiger partial charge in [-0.15, -0.1) is 34.2 Å². The zero-order valence-electron chi connectivity index (χ0n) is 15.2. The highest BCUT2D eigenvalue weighted by atomic mass is 127. The maximum absolute atomic E-state index is 12.1. The van der Waals surface area contributed by atoms with Gasteiger partial charge in [0, 0.05) is 36.4 Å². The van der Waals surface area contributed by atoms with E-state index in [1.807, 2.05) is 40.9 Å². The van der Waals surface area contributed by atoms with Crippen LogP contribution in [0.25, 0.3) is 5.65 Å². The second kappa shape index (κ2) is 11.0. The predicted molar refractivity (Wildman–Crippen MR) is 123 cm³/mol. The van der Waals surface area contributed by atoms with Gasteiger partial charge in [0.25, 0.3) is 5.91 Å². The van der Waals surface area contributed by atoms with Crippen molar-refractivity contribution in [2.24, 2.45) is 4.99 Å². The van der Waals surface area contributed by atoms with Crippen LogP contribution in [0.2, 0.25) is 0 Å². The Bertz CT molecular complexity index is 960. The van der Waals surface area contributed by atoms with Crippen LogP contribution in [0.5, 0.6) is 0 Å². The van der Waals surface area contributed by atoms with E-state index in [4.69, 9.17) is 0 Å². The number of amides is 1. The number of carbonyl (C=O) groups is 1. The van der Waals surface area contributed by atoms with Crippen LogP contribution in [0.1, 0.15) is 16.2 Å². The summed E-state index contributed by atoms with van der Waals surface area (Å²) in [4.78, 5) is 16.3. The second-order valence-corrected chi connectivity index (χ2v) is 6.58. The number of guanidine groups is 1. The molecule has 0 aliphatic rings. The van der Waals surface area contributed by atoms with Crippen molar-refractivity contribution >= 4 is 57.4 Å². The second-order valence-electron chi connectivity index (χ2n) is 5.66. The number of nitrogens with one attached hydrogen (secondary N) is 3. The highest BCUT2D eigenvalue weighted by molar-refractivity contribution is 14.0. The van der Waals surface area contributed by atoms with Crippen LogP contribution >= 0.6 is 39.9 Å². The van der Waals surface area contributed by atoms with E-state index in [1.165, 1.54) is 0 Å². The van der Waals surface area contributed by atoms with Crippen molar-refractivity contribution in [1.29, 1.82) is 0 Å². The van der Waals surface area contributed by atoms with Crippen molar-refractivity contribution in [3.05, 3.63) is 64.5 Å². The van der Waals surface area contributed by atoms with Crippen molar-refractivity contribution in [2.45, 2.75) is 6.54 Å². The van der Waals surface area contributed by atoms with E-state index in [0.717, 1.165) is 15.9 Å². The molecule has 2 heterocycles. The minimum atomic E-state index is -0.115. The van der Waals surface area contributed by atoms with Gasteiger partial charge >= 0.3 is 0 Å². The monoisotopic (exact) mass is 557 g/mol. The third-order valence-corrected chi connectivity index (χ3v) is 4.30. The molecule has 0 unspecified atom stereocenters. The number of carbonyl (C=O) groups excluding carboxylic acids is 1. The van der Waals surface area contributed by atoms with Crippen LogP contribution in [0.4, 0.5) is 0 Å². The molecule has 3 aromatic rings. The molecule has 10 heteroatoms. The molecule has 0 bridgehead atoms. The zero-order chi connectivity index (χ0) is 19.1. The third kappa shape index (κ3) is 5.89. The largest absolute Gasteiger partial charge is 0.355 e. The number of pyridine rings is 1. The molecule has 0 radical (unpaired) electrons. The van der Waals surface area contributed by atoms with Gasteiger partial charge in [-0.25, -0.2) is 0 Å². The molecule has 0 saturated carbocycles. The fourth-order valence-corrected chi connectivity index (χ4v) is 2.88. The van der Waals surface area contributed by atoms with E-state index in [0.29, 0.717) is 31.2 Å². The van der Waals surface area contributed by atoms with E-state index in [-0.39, 0.29) is 29.9 Å². The summed E-state index contributed by atoms with van der Waals surface area (Å²) < 4.78 is 2.79. The molecule has 0 aliphatic carbocycles. The first-order valence-corrected chi connectivity index (χ1v) is 9.23. The number of benzene rings is 1. The summed E-state index contributed by atoms with van der Waals surface area (Å²) in [6, 6.07) is 13.0. The minimum Gasteiger partial charge on any atom is -0.355 e. The highest BCUT2D eigenvalue weighted by Crippen LogP contribution is 2.11. The van der Waals surface area contributed by atoms with Gasteiger partial charge in [-0.2, -0.15) is 0 Å². The number of halogens is 2. The molecule has 1 aromatic carbocycles. The normalized spacial score (nSPS) is 11.0. The van der Waals surface area contributed by atoms with Gasteiger partial charge < -0.3 is 16.0 Å². The van der Waals surface area contributed by atoms with E-state index in [2.05, 4.69) is 47.1 Å². The molecule has 8 nitrogen and oxygen atoms in total. The Morgan fingerprint density at radius 1 is 1.11 bits per heavy atom. The first-order valence-electron chi connectivity index (χ1n) is 8.44. The SMILES string of the molecule is CN=C(NCCNC(=O)c1cccc(Br)c1)NCc1nnc2ccccn12.I. The molecule has 0 fully saturated rings. The molecule has 3 N–H and O–H groups in total. The molecular weight excluding hydrogens is 537 g/mol. The number of hydrogen-bond donors (Lipinski definition) is 3. The van der Waals surface area contributed by atoms with Gasteiger partial charge in [0.2, 0.25) is 0 Å². The average molecular weight is 558 g/mol. The molecule has 28 heavy (non-hydrogen) atoms. The number of aliphatic imine (C=N–C) groups is 1. The molecule has 1 amide bonds. The van der Waals surface area contributed by atoms with Crippen LogP contribution in [0.15, 0.2) is 58.1 Å². The van der Waals surface area contributed by atoms with Gasteiger partial charge in [0.15, 0.2) is 17.4 Å². The summed E-state index contributed by atoms with van der Waals surface area (Å²) in [5, 5.41) is 17.5. The Kier molecular flexibility index (Phi) is 8.64. The van der Waals surface area contributed by atoms with Crippen LogP contribution in [0.3, 0.4) is 0 Å². The Labute approximate surface area is 188 Å². The minimum absolute atomic E-state index is 0. The molecule has 0 spiro atoms. The van der Waals surface area contributed by atoms with Gasteiger partial charge in [-0.1, -0.05) is 28.1 Å². The van der Waals surface area contributed by atoms with E-state index >= 15 is 0 Å². The molecule has 0 aliphatic heterocycles. The van der Waals surface area contributed by atoms with Crippen molar-refractivity contribution in [3.8, 4) is 0 Å². The van der Waals surface area contributed by atoms with Gasteiger partial charge in [-0.05, 0) is 30.3 Å². The Morgan fingerprint density at radius 3 is 2.71 bits per heavy atom. The number of aromatic nitrogens is 3. The van der Waals surface area contributed by atoms with Crippen LogP contribution in [0, 0.1) is 0 Å². The van der Waals surface area contributed by atoms with Crippen molar-refractivity contribution in [2.75, 3.05) is 20.1 Å². The third-order valence-electron chi connectivity index (χ3n) is 3.81. The topological polar surface area (TPSA) is 95.7 Å². The van der Waals surface area contributed by atoms with Crippen molar-refractivity contribution < 1.29 is 4.79 Å². The van der Waals surface area contributed by atoms with Gasteiger partial charge in [0.05, 0.1) is 6.54 Å². The number of hydrogen-bond acceptors (Lipinski definition) is 4. The van der Waals surface area contributed by atoms with Crippen LogP contribution in [-0.4, -0.2) is 46.6 Å². The maximum Gasteiger partial charge on any atom is 0.251 e. The first kappa shape index (κ1) is 22.1. The van der Waals surface area contributed by atoms with Crippen molar-refractivity contribution in [3.63, 3.8) is 0 Å². The maximum atomic E-state index is 12.1. The average Bonchev–Trinajstić information content (AvgIpc) is 3.10. The summed E-state index contributed by atoms with van der Waals surface area (Å²) in [5.41, 5.74) is 1.41. The predicted octanol–water partition coefficient (Wildman–Crippen LogP) is 2.20. The van der Waals surface area contributed by atoms with Gasteiger partial charge in [0.1, 0.15) is 0 Å². The number of fused-ring (bicyclic) bond motifs is 1. The lowest BCUT2D eigenvalue weighted by molar-refractivity contribution is 0.0954. The molecule has 148 valence electrons. The standard InChI is InChI=1S/C18H20BrN7O.HI/c1-20-18(23-12-16-25-24-15-7-2-3-10-26(15)16)22-9-8-21-17(27)13-5-4-6-14(19)11-13;/h2-7,10-11H,8-9,12H2,1H3,(H,21,27)(H2,20,22,23);1H. The van der Waals surface area contributed by atoms with Crippen LogP contribution in [-0.2, 0) is 6.54 Å². The first-order chi connectivity index (χ1) is 13.2. The molecule has 2 aromatic heterocycles. The van der Waals surface area contributed by atoms with E-state index < -0.39 is 0 Å². The summed E-state index contributed by atoms with van der Waals surface area (Å²) in [7, 11) is 1.69. The fraction of sp³-hybridized carbons (Fsp3) is 0.222. The van der Waals surface area contributed by atoms with Gasteiger partial charge in [-0.3, -0.25) is 14.2 Å². The summed E-state index contributed by atoms with van der Waals surface area (Å²) >= 11 is 3.36. The Morgan fingerprint density at radius 2 is 1.93 bits per heavy atom. The summed E-state index contributed by atoms with van der Waals surface area (Å²) in [6.07, 6.45) is 1.92. The lowest BCUT2D eigenvalue weighted by atomic mass is 10.2. The van der Waals surface area contributed by atoms with Crippen molar-refractivity contribution in [1.82, 2.24) is 30.5 Å². The lowest BCUT2D eigenvalue weighted by Gasteiger charge is -2.12. The quantitative estimate of drug-likeness (QED) is 0.187.